The zero-order valence-corrected chi connectivity index (χ0v) is 31.4. The summed E-state index contributed by atoms with van der Waals surface area (Å²) in [5, 5.41) is 14.7. The number of hydrogen-bond donors (Lipinski definition) is 0. The molecule has 0 saturated heterocycles. The minimum atomic E-state index is 0.626. The lowest BCUT2D eigenvalue weighted by molar-refractivity contribution is 1.17. The molecule has 58 heavy (non-hydrogen) atoms. The lowest BCUT2D eigenvalue weighted by atomic mass is 9.95. The fraction of sp³-hybridized carbons (Fsp3) is 0. The highest BCUT2D eigenvalue weighted by atomic mass is 15.0. The minimum Gasteiger partial charge on any atom is -0.309 e. The Balaban J connectivity index is 1.17. The molecule has 0 saturated carbocycles. The SMILES string of the molecule is N#Cc1cccc(-c2cc(-c3cc(-c4ccccc4)nc(-c4ccccc4)c3)cc(-n3c4ccccc4c4cc(-n5c6ccccc6c6ccccc65)ccc43)c2)c1. The number of rotatable bonds is 6. The van der Waals surface area contributed by atoms with Crippen LogP contribution in [0.15, 0.2) is 206 Å². The number of aromatic nitrogens is 3. The van der Waals surface area contributed by atoms with Crippen molar-refractivity contribution in [2.75, 3.05) is 0 Å². The van der Waals surface area contributed by atoms with Gasteiger partial charge in [0.2, 0.25) is 0 Å². The van der Waals surface area contributed by atoms with Crippen molar-refractivity contribution in [3.05, 3.63) is 212 Å². The summed E-state index contributed by atoms with van der Waals surface area (Å²) < 4.78 is 4.77. The highest BCUT2D eigenvalue weighted by Crippen LogP contribution is 2.40. The van der Waals surface area contributed by atoms with Gasteiger partial charge in [-0.15, -0.1) is 0 Å². The molecule has 0 unspecified atom stereocenters. The number of nitrogens with zero attached hydrogens (tertiary/aromatic N) is 4. The maximum absolute atomic E-state index is 9.91. The molecule has 3 aromatic heterocycles. The van der Waals surface area contributed by atoms with Crippen molar-refractivity contribution in [2.24, 2.45) is 0 Å². The average Bonchev–Trinajstić information content (AvgIpc) is 3.82. The maximum Gasteiger partial charge on any atom is 0.0991 e. The van der Waals surface area contributed by atoms with E-state index in [1.807, 2.05) is 30.3 Å². The number of fused-ring (bicyclic) bond motifs is 6. The Hall–Kier alpha value is -8.00. The maximum atomic E-state index is 9.91. The van der Waals surface area contributed by atoms with Gasteiger partial charge in [-0.25, -0.2) is 4.98 Å². The fourth-order valence-corrected chi connectivity index (χ4v) is 8.63. The topological polar surface area (TPSA) is 46.5 Å². The smallest absolute Gasteiger partial charge is 0.0991 e. The zero-order chi connectivity index (χ0) is 38.6. The summed E-state index contributed by atoms with van der Waals surface area (Å²) in [6.07, 6.45) is 0. The van der Waals surface area contributed by atoms with Crippen LogP contribution in [0.5, 0.6) is 0 Å². The molecule has 0 N–H and O–H groups in total. The standard InChI is InChI=1S/C54H34N4/c55-35-36-14-13-19-39(28-36)40-29-41(42-32-49(37-15-3-1-4-16-37)56-50(33-42)38-17-5-2-6-18-38)31-44(30-40)58-53-25-12-9-22-47(53)48-34-43(26-27-54(48)58)57-51-23-10-7-20-45(51)46-21-8-11-24-52(46)57/h1-34H. The van der Waals surface area contributed by atoms with Crippen LogP contribution >= 0.6 is 0 Å². The van der Waals surface area contributed by atoms with Crippen molar-refractivity contribution in [3.63, 3.8) is 0 Å². The van der Waals surface area contributed by atoms with E-state index < -0.39 is 0 Å². The van der Waals surface area contributed by atoms with Gasteiger partial charge in [-0.05, 0) is 101 Å². The first-order chi connectivity index (χ1) is 28.7. The average molecular weight is 739 g/mol. The van der Waals surface area contributed by atoms with Crippen LogP contribution in [0.4, 0.5) is 0 Å². The summed E-state index contributed by atoms with van der Waals surface area (Å²) >= 11 is 0. The first kappa shape index (κ1) is 33.3. The third-order valence-electron chi connectivity index (χ3n) is 11.3. The normalized spacial score (nSPS) is 11.4. The molecule has 0 fully saturated rings. The molecule has 4 heteroatoms. The number of hydrogen-bond acceptors (Lipinski definition) is 2. The van der Waals surface area contributed by atoms with Gasteiger partial charge in [-0.2, -0.15) is 5.26 Å². The molecule has 8 aromatic carbocycles. The lowest BCUT2D eigenvalue weighted by Crippen LogP contribution is -1.98. The van der Waals surface area contributed by atoms with Crippen LogP contribution in [-0.4, -0.2) is 14.1 Å². The van der Waals surface area contributed by atoms with Crippen LogP contribution in [-0.2, 0) is 0 Å². The highest BCUT2D eigenvalue weighted by Gasteiger charge is 2.18. The Labute approximate surface area is 335 Å². The van der Waals surface area contributed by atoms with Crippen LogP contribution in [0.2, 0.25) is 0 Å². The van der Waals surface area contributed by atoms with E-state index in [1.165, 1.54) is 32.6 Å². The minimum absolute atomic E-state index is 0.626. The van der Waals surface area contributed by atoms with E-state index in [2.05, 4.69) is 191 Å². The molecule has 0 bridgehead atoms. The van der Waals surface area contributed by atoms with Crippen LogP contribution in [0, 0.1) is 11.3 Å². The van der Waals surface area contributed by atoms with Gasteiger partial charge >= 0.3 is 0 Å². The number of benzene rings is 8. The molecular weight excluding hydrogens is 705 g/mol. The van der Waals surface area contributed by atoms with Gasteiger partial charge in [-0.1, -0.05) is 127 Å². The zero-order valence-electron chi connectivity index (χ0n) is 31.4. The van der Waals surface area contributed by atoms with E-state index in [0.29, 0.717) is 5.56 Å². The Morgan fingerprint density at radius 1 is 0.328 bits per heavy atom. The summed E-state index contributed by atoms with van der Waals surface area (Å²) in [6, 6.07) is 75.0. The summed E-state index contributed by atoms with van der Waals surface area (Å²) in [4.78, 5) is 5.18. The van der Waals surface area contributed by atoms with E-state index in [1.54, 1.807) is 0 Å². The third-order valence-corrected chi connectivity index (χ3v) is 11.3. The Morgan fingerprint density at radius 2 is 0.793 bits per heavy atom. The van der Waals surface area contributed by atoms with Crippen LogP contribution in [0.25, 0.3) is 99.8 Å². The largest absolute Gasteiger partial charge is 0.309 e. The Morgan fingerprint density at radius 3 is 1.38 bits per heavy atom. The van der Waals surface area contributed by atoms with E-state index in [-0.39, 0.29) is 0 Å². The predicted molar refractivity (Wildman–Crippen MR) is 239 cm³/mol. The molecule has 0 spiro atoms. The van der Waals surface area contributed by atoms with Crippen molar-refractivity contribution in [1.82, 2.24) is 14.1 Å². The second kappa shape index (κ2) is 13.6. The summed E-state index contributed by atoms with van der Waals surface area (Å²) in [6.45, 7) is 0. The van der Waals surface area contributed by atoms with E-state index in [9.17, 15) is 5.26 Å². The highest BCUT2D eigenvalue weighted by molar-refractivity contribution is 6.12. The Kier molecular flexibility index (Phi) is 7.84. The summed E-state index contributed by atoms with van der Waals surface area (Å²) in [7, 11) is 0. The fourth-order valence-electron chi connectivity index (χ4n) is 8.63. The van der Waals surface area contributed by atoms with E-state index in [4.69, 9.17) is 4.98 Å². The summed E-state index contributed by atoms with van der Waals surface area (Å²) in [5.41, 5.74) is 15.4. The third kappa shape index (κ3) is 5.57. The molecule has 11 rings (SSSR count). The molecule has 4 nitrogen and oxygen atoms in total. The molecule has 0 aliphatic rings. The van der Waals surface area contributed by atoms with Crippen molar-refractivity contribution < 1.29 is 0 Å². The van der Waals surface area contributed by atoms with Gasteiger partial charge in [0.25, 0.3) is 0 Å². The van der Waals surface area contributed by atoms with Gasteiger partial charge in [-0.3, -0.25) is 0 Å². The molecule has 270 valence electrons. The summed E-state index contributed by atoms with van der Waals surface area (Å²) in [5.74, 6) is 0. The van der Waals surface area contributed by atoms with E-state index >= 15 is 0 Å². The molecule has 0 aliphatic carbocycles. The van der Waals surface area contributed by atoms with Gasteiger partial charge in [0, 0.05) is 44.0 Å². The molecule has 11 aromatic rings. The van der Waals surface area contributed by atoms with Gasteiger partial charge in [0.1, 0.15) is 0 Å². The van der Waals surface area contributed by atoms with Gasteiger partial charge < -0.3 is 9.13 Å². The van der Waals surface area contributed by atoms with Gasteiger partial charge in [0.05, 0.1) is 45.1 Å². The Bertz CT molecular complexity index is 3290. The molecule has 0 radical (unpaired) electrons. The van der Waals surface area contributed by atoms with Crippen LogP contribution in [0.3, 0.4) is 0 Å². The van der Waals surface area contributed by atoms with Crippen molar-refractivity contribution in [1.29, 1.82) is 5.26 Å². The van der Waals surface area contributed by atoms with Gasteiger partial charge in [0.15, 0.2) is 0 Å². The first-order valence-corrected chi connectivity index (χ1v) is 19.5. The first-order valence-electron chi connectivity index (χ1n) is 19.5. The number of pyridine rings is 1. The van der Waals surface area contributed by atoms with E-state index in [0.717, 1.165) is 67.2 Å². The molecule has 0 amide bonds. The van der Waals surface area contributed by atoms with Crippen LogP contribution < -0.4 is 0 Å². The monoisotopic (exact) mass is 738 g/mol. The second-order valence-corrected chi connectivity index (χ2v) is 14.7. The predicted octanol–water partition coefficient (Wildman–Crippen LogP) is 13.8. The molecule has 3 heterocycles. The van der Waals surface area contributed by atoms with Crippen molar-refractivity contribution in [2.45, 2.75) is 0 Å². The van der Waals surface area contributed by atoms with Crippen molar-refractivity contribution in [3.8, 4) is 62.2 Å². The number of nitriles is 1. The quantitative estimate of drug-likeness (QED) is 0.170. The molecule has 0 aliphatic heterocycles. The molecular formula is C54H34N4. The molecule has 0 atom stereocenters. The second-order valence-electron chi connectivity index (χ2n) is 14.7. The van der Waals surface area contributed by atoms with Crippen molar-refractivity contribution >= 4 is 43.6 Å². The van der Waals surface area contributed by atoms with Crippen LogP contribution in [0.1, 0.15) is 5.56 Å². The number of para-hydroxylation sites is 3. The lowest BCUT2D eigenvalue weighted by Gasteiger charge is -2.16.